The van der Waals surface area contributed by atoms with E-state index in [2.05, 4.69) is 4.90 Å². The zero-order chi connectivity index (χ0) is 15.0. The molecule has 0 spiro atoms. The van der Waals surface area contributed by atoms with E-state index in [0.717, 1.165) is 19.2 Å². The molecule has 2 aliphatic rings. The molecule has 2 aliphatic carbocycles. The van der Waals surface area contributed by atoms with Crippen molar-refractivity contribution in [1.82, 2.24) is 4.90 Å². The summed E-state index contributed by atoms with van der Waals surface area (Å²) in [6.45, 7) is 2.23. The Morgan fingerprint density at radius 2 is 1.62 bits per heavy atom. The zero-order valence-corrected chi connectivity index (χ0v) is 12.0. The van der Waals surface area contributed by atoms with E-state index < -0.39 is 11.7 Å². The van der Waals surface area contributed by atoms with E-state index in [0.29, 0.717) is 23.9 Å². The fourth-order valence-electron chi connectivity index (χ4n) is 2.77. The minimum Gasteiger partial charge on any atom is -0.399 e. The van der Waals surface area contributed by atoms with E-state index in [1.807, 2.05) is 0 Å². The minimum atomic E-state index is -4.34. The lowest BCUT2D eigenvalue weighted by Crippen LogP contribution is -2.29. The van der Waals surface area contributed by atoms with Crippen molar-refractivity contribution in [2.24, 2.45) is 11.8 Å². The van der Waals surface area contributed by atoms with E-state index in [4.69, 9.17) is 5.73 Å². The van der Waals surface area contributed by atoms with Crippen LogP contribution < -0.4 is 5.73 Å². The van der Waals surface area contributed by atoms with Gasteiger partial charge < -0.3 is 5.73 Å². The number of hydrogen-bond donors (Lipinski definition) is 1. The van der Waals surface area contributed by atoms with Crippen LogP contribution in [0.2, 0.25) is 0 Å². The lowest BCUT2D eigenvalue weighted by molar-refractivity contribution is -0.138. The van der Waals surface area contributed by atoms with Crippen LogP contribution in [0.1, 0.15) is 36.8 Å². The molecule has 0 heterocycles. The molecule has 0 radical (unpaired) electrons. The highest BCUT2D eigenvalue weighted by molar-refractivity contribution is 5.46. The SMILES string of the molecule is Nc1ccc(CN(CC2CC2)CC2CC2)c(C(F)(F)F)c1. The molecule has 0 aliphatic heterocycles. The topological polar surface area (TPSA) is 29.3 Å². The first-order valence-corrected chi connectivity index (χ1v) is 7.60. The number of rotatable bonds is 6. The number of nitrogens with two attached hydrogens (primary N) is 1. The molecule has 2 fully saturated rings. The number of alkyl halides is 3. The third-order valence-electron chi connectivity index (χ3n) is 4.26. The van der Waals surface area contributed by atoms with Crippen molar-refractivity contribution in [1.29, 1.82) is 0 Å². The number of nitrogen functional groups attached to an aromatic ring is 1. The van der Waals surface area contributed by atoms with Gasteiger partial charge in [0.2, 0.25) is 0 Å². The Balaban J connectivity index is 1.76. The standard InChI is InChI=1S/C16H21F3N2/c17-16(18,19)15-7-14(20)6-5-13(15)10-21(8-11-1-2-11)9-12-3-4-12/h5-7,11-12H,1-4,8-10,20H2. The number of nitrogens with zero attached hydrogens (tertiary/aromatic N) is 1. The quantitative estimate of drug-likeness (QED) is 0.807. The highest BCUT2D eigenvalue weighted by atomic mass is 19.4. The van der Waals surface area contributed by atoms with E-state index in [1.54, 1.807) is 6.07 Å². The molecule has 0 unspecified atom stereocenters. The van der Waals surface area contributed by atoms with Crippen molar-refractivity contribution < 1.29 is 13.2 Å². The summed E-state index contributed by atoms with van der Waals surface area (Å²) in [5, 5.41) is 0. The second kappa shape index (κ2) is 5.52. The summed E-state index contributed by atoms with van der Waals surface area (Å²) >= 11 is 0. The first-order chi connectivity index (χ1) is 9.91. The van der Waals surface area contributed by atoms with Gasteiger partial charge >= 0.3 is 6.18 Å². The van der Waals surface area contributed by atoms with Crippen molar-refractivity contribution in [3.8, 4) is 0 Å². The van der Waals surface area contributed by atoms with Crippen LogP contribution in [0.25, 0.3) is 0 Å². The molecule has 2 saturated carbocycles. The lowest BCUT2D eigenvalue weighted by atomic mass is 10.0. The maximum atomic E-state index is 13.2. The molecule has 0 bridgehead atoms. The number of halogens is 3. The molecule has 2 nitrogen and oxygen atoms in total. The fraction of sp³-hybridized carbons (Fsp3) is 0.625. The van der Waals surface area contributed by atoms with Gasteiger partial charge in [0, 0.05) is 25.3 Å². The Morgan fingerprint density at radius 1 is 1.05 bits per heavy atom. The third kappa shape index (κ3) is 4.13. The van der Waals surface area contributed by atoms with Gasteiger partial charge in [-0.25, -0.2) is 0 Å². The molecule has 5 heteroatoms. The molecule has 116 valence electrons. The molecule has 21 heavy (non-hydrogen) atoms. The van der Waals surface area contributed by atoms with Crippen LogP contribution in [-0.2, 0) is 12.7 Å². The minimum absolute atomic E-state index is 0.169. The van der Waals surface area contributed by atoms with Gasteiger partial charge in [0.25, 0.3) is 0 Å². The Kier molecular flexibility index (Phi) is 3.86. The van der Waals surface area contributed by atoms with E-state index >= 15 is 0 Å². The molecule has 2 N–H and O–H groups in total. The van der Waals surface area contributed by atoms with Gasteiger partial charge in [-0.15, -0.1) is 0 Å². The third-order valence-corrected chi connectivity index (χ3v) is 4.26. The maximum Gasteiger partial charge on any atom is 0.416 e. The average Bonchev–Trinajstić information content (AvgIpc) is 3.26. The summed E-state index contributed by atoms with van der Waals surface area (Å²) in [6.07, 6.45) is 0.531. The van der Waals surface area contributed by atoms with Gasteiger partial charge in [0.05, 0.1) is 5.56 Å². The molecule has 1 aromatic rings. The fourth-order valence-corrected chi connectivity index (χ4v) is 2.77. The van der Waals surface area contributed by atoms with Crippen molar-refractivity contribution >= 4 is 5.69 Å². The molecular formula is C16H21F3N2. The Hall–Kier alpha value is -1.23. The maximum absolute atomic E-state index is 13.2. The van der Waals surface area contributed by atoms with Crippen LogP contribution in [0.15, 0.2) is 18.2 Å². The van der Waals surface area contributed by atoms with Gasteiger partial charge in [0.1, 0.15) is 0 Å². The second-order valence-corrected chi connectivity index (χ2v) is 6.50. The summed E-state index contributed by atoms with van der Waals surface area (Å²) < 4.78 is 39.5. The summed E-state index contributed by atoms with van der Waals surface area (Å²) in [5.41, 5.74) is 5.45. The van der Waals surface area contributed by atoms with Gasteiger partial charge in [0.15, 0.2) is 0 Å². The van der Waals surface area contributed by atoms with Gasteiger partial charge in [-0.2, -0.15) is 13.2 Å². The van der Waals surface area contributed by atoms with Gasteiger partial charge in [-0.05, 0) is 55.2 Å². The van der Waals surface area contributed by atoms with Crippen LogP contribution in [0.5, 0.6) is 0 Å². The van der Waals surface area contributed by atoms with E-state index in [9.17, 15) is 13.2 Å². The predicted molar refractivity (Wildman–Crippen MR) is 76.6 cm³/mol. The first kappa shape index (κ1) is 14.7. The summed E-state index contributed by atoms with van der Waals surface area (Å²) in [4.78, 5) is 2.20. The monoisotopic (exact) mass is 298 g/mol. The summed E-state index contributed by atoms with van der Waals surface area (Å²) in [5.74, 6) is 1.37. The molecule has 0 atom stereocenters. The van der Waals surface area contributed by atoms with E-state index in [1.165, 1.54) is 31.7 Å². The Bertz CT molecular complexity index is 491. The first-order valence-electron chi connectivity index (χ1n) is 7.60. The highest BCUT2D eigenvalue weighted by Crippen LogP contribution is 2.37. The van der Waals surface area contributed by atoms with Crippen LogP contribution >= 0.6 is 0 Å². The van der Waals surface area contributed by atoms with Gasteiger partial charge in [-0.3, -0.25) is 4.90 Å². The molecule has 1 aromatic carbocycles. The van der Waals surface area contributed by atoms with Crippen molar-refractivity contribution in [3.63, 3.8) is 0 Å². The molecule has 0 aromatic heterocycles. The Morgan fingerprint density at radius 3 is 2.10 bits per heavy atom. The predicted octanol–water partition coefficient (Wildman–Crippen LogP) is 3.91. The van der Waals surface area contributed by atoms with Crippen molar-refractivity contribution in [2.75, 3.05) is 18.8 Å². The van der Waals surface area contributed by atoms with Crippen LogP contribution in [0.4, 0.5) is 18.9 Å². The number of benzene rings is 1. The smallest absolute Gasteiger partial charge is 0.399 e. The van der Waals surface area contributed by atoms with Crippen molar-refractivity contribution in [2.45, 2.75) is 38.4 Å². The van der Waals surface area contributed by atoms with Crippen molar-refractivity contribution in [3.05, 3.63) is 29.3 Å². The highest BCUT2D eigenvalue weighted by Gasteiger charge is 2.35. The van der Waals surface area contributed by atoms with E-state index in [-0.39, 0.29) is 5.69 Å². The molecule has 0 amide bonds. The average molecular weight is 298 g/mol. The number of anilines is 1. The summed E-state index contributed by atoms with van der Waals surface area (Å²) in [6, 6.07) is 4.16. The normalized spacial score (nSPS) is 19.2. The molecule has 0 saturated heterocycles. The zero-order valence-electron chi connectivity index (χ0n) is 12.0. The Labute approximate surface area is 123 Å². The van der Waals surface area contributed by atoms with Crippen LogP contribution in [-0.4, -0.2) is 18.0 Å². The lowest BCUT2D eigenvalue weighted by Gasteiger charge is -2.24. The van der Waals surface area contributed by atoms with Crippen LogP contribution in [0.3, 0.4) is 0 Å². The van der Waals surface area contributed by atoms with Gasteiger partial charge in [-0.1, -0.05) is 6.07 Å². The summed E-state index contributed by atoms with van der Waals surface area (Å²) in [7, 11) is 0. The van der Waals surface area contributed by atoms with Crippen LogP contribution in [0, 0.1) is 11.8 Å². The number of hydrogen-bond acceptors (Lipinski definition) is 2. The molecule has 3 rings (SSSR count). The second-order valence-electron chi connectivity index (χ2n) is 6.50. The molecular weight excluding hydrogens is 277 g/mol. The largest absolute Gasteiger partial charge is 0.416 e.